The third kappa shape index (κ3) is 3.69. The van der Waals surface area contributed by atoms with Crippen molar-refractivity contribution in [3.8, 4) is 11.4 Å². The number of rotatable bonds is 5. The van der Waals surface area contributed by atoms with Gasteiger partial charge in [-0.05, 0) is 36.0 Å². The summed E-state index contributed by atoms with van der Waals surface area (Å²) >= 11 is 0.728. The summed E-state index contributed by atoms with van der Waals surface area (Å²) in [5.74, 6) is -0.0891. The first-order valence-electron chi connectivity index (χ1n) is 7.51. The molecule has 3 rings (SSSR count). The molecule has 0 aliphatic rings. The molecule has 1 amide bonds. The van der Waals surface area contributed by atoms with E-state index in [1.807, 2.05) is 12.1 Å². The number of aromatic nitrogens is 4. The van der Waals surface area contributed by atoms with E-state index in [9.17, 15) is 9.18 Å². The monoisotopic (exact) mass is 357 g/mol. The van der Waals surface area contributed by atoms with Gasteiger partial charge in [-0.15, -0.1) is 10.2 Å². The second-order valence-corrected chi connectivity index (χ2v) is 6.29. The highest BCUT2D eigenvalue weighted by molar-refractivity contribution is 8.00. The van der Waals surface area contributed by atoms with Crippen LogP contribution in [0.15, 0.2) is 60.0 Å². The Morgan fingerprint density at radius 3 is 2.64 bits per heavy atom. The lowest BCUT2D eigenvalue weighted by Crippen LogP contribution is -2.32. The van der Waals surface area contributed by atoms with Gasteiger partial charge in [0.25, 0.3) is 5.91 Å². The van der Waals surface area contributed by atoms with Gasteiger partial charge in [-0.3, -0.25) is 9.78 Å². The van der Waals surface area contributed by atoms with E-state index in [-0.39, 0.29) is 0 Å². The molecule has 2 heterocycles. The Bertz CT molecular complexity index is 856. The maximum atomic E-state index is 14.5. The minimum absolute atomic E-state index is 0.321. The topological polar surface area (TPSA) is 63.9 Å². The van der Waals surface area contributed by atoms with Crippen molar-refractivity contribution in [3.63, 3.8) is 0 Å². The lowest BCUT2D eigenvalue weighted by molar-refractivity contribution is -0.120. The molecule has 128 valence electrons. The van der Waals surface area contributed by atoms with Gasteiger partial charge < -0.3 is 9.47 Å². The molecular weight excluding hydrogens is 341 g/mol. The Morgan fingerprint density at radius 2 is 1.96 bits per heavy atom. The van der Waals surface area contributed by atoms with Crippen LogP contribution in [0, 0.1) is 0 Å². The zero-order valence-corrected chi connectivity index (χ0v) is 14.5. The first-order valence-corrected chi connectivity index (χ1v) is 8.39. The van der Waals surface area contributed by atoms with Crippen LogP contribution in [0.2, 0.25) is 0 Å². The van der Waals surface area contributed by atoms with Crippen LogP contribution in [-0.2, 0) is 11.8 Å². The van der Waals surface area contributed by atoms with Gasteiger partial charge in [0, 0.05) is 37.7 Å². The van der Waals surface area contributed by atoms with Crippen LogP contribution < -0.4 is 4.90 Å². The van der Waals surface area contributed by atoms with Crippen LogP contribution >= 0.6 is 11.8 Å². The quantitative estimate of drug-likeness (QED) is 0.657. The fraction of sp³-hybridized carbons (Fsp3) is 0.176. The summed E-state index contributed by atoms with van der Waals surface area (Å²) in [4.78, 5) is 17.6. The largest absolute Gasteiger partial charge is 0.312 e. The van der Waals surface area contributed by atoms with E-state index >= 15 is 0 Å². The summed E-state index contributed by atoms with van der Waals surface area (Å²) in [6.45, 7) is 0. The molecule has 0 radical (unpaired) electrons. The molecule has 0 aliphatic heterocycles. The number of anilines is 1. The van der Waals surface area contributed by atoms with Crippen LogP contribution in [0.1, 0.15) is 0 Å². The van der Waals surface area contributed by atoms with Gasteiger partial charge in [-0.25, -0.2) is 4.39 Å². The second-order valence-electron chi connectivity index (χ2n) is 5.27. The van der Waals surface area contributed by atoms with Gasteiger partial charge >= 0.3 is 0 Å². The first-order chi connectivity index (χ1) is 12.1. The molecule has 1 unspecified atom stereocenters. The van der Waals surface area contributed by atoms with Gasteiger partial charge in [0.2, 0.25) is 5.50 Å². The molecule has 8 heteroatoms. The van der Waals surface area contributed by atoms with E-state index in [0.29, 0.717) is 16.7 Å². The van der Waals surface area contributed by atoms with Crippen LogP contribution in [0.5, 0.6) is 0 Å². The van der Waals surface area contributed by atoms with Gasteiger partial charge in [0.1, 0.15) is 0 Å². The van der Waals surface area contributed by atoms with Gasteiger partial charge in [0.05, 0.1) is 0 Å². The summed E-state index contributed by atoms with van der Waals surface area (Å²) in [7, 11) is 3.27. The van der Waals surface area contributed by atoms with Crippen molar-refractivity contribution in [2.75, 3.05) is 11.9 Å². The Balaban J connectivity index is 1.74. The Kier molecular flexibility index (Phi) is 5.08. The second kappa shape index (κ2) is 7.43. The van der Waals surface area contributed by atoms with Crippen LogP contribution in [0.4, 0.5) is 10.1 Å². The Labute approximate surface area is 148 Å². The number of hydrogen-bond donors (Lipinski definition) is 0. The number of halogens is 1. The summed E-state index contributed by atoms with van der Waals surface area (Å²) in [6.07, 6.45) is 3.31. The summed E-state index contributed by atoms with van der Waals surface area (Å²) in [5.41, 5.74) is -0.382. The van der Waals surface area contributed by atoms with E-state index in [2.05, 4.69) is 15.2 Å². The highest BCUT2D eigenvalue weighted by Crippen LogP contribution is 2.27. The molecule has 1 atom stereocenters. The molecule has 0 N–H and O–H groups in total. The highest BCUT2D eigenvalue weighted by atomic mass is 32.2. The summed E-state index contributed by atoms with van der Waals surface area (Å²) in [5, 5.41) is 8.37. The van der Waals surface area contributed by atoms with E-state index < -0.39 is 11.4 Å². The van der Waals surface area contributed by atoms with Crippen molar-refractivity contribution < 1.29 is 9.18 Å². The Morgan fingerprint density at radius 1 is 1.20 bits per heavy atom. The van der Waals surface area contributed by atoms with Crippen molar-refractivity contribution in [1.82, 2.24) is 19.7 Å². The molecule has 6 nitrogen and oxygen atoms in total. The maximum Gasteiger partial charge on any atom is 0.272 e. The Hall–Kier alpha value is -2.74. The van der Waals surface area contributed by atoms with Crippen molar-refractivity contribution in [2.24, 2.45) is 7.05 Å². The molecule has 0 saturated carbocycles. The van der Waals surface area contributed by atoms with Gasteiger partial charge in [-0.1, -0.05) is 18.2 Å². The number of benzene rings is 1. The lowest BCUT2D eigenvalue weighted by Gasteiger charge is -2.19. The third-order valence-corrected chi connectivity index (χ3v) is 4.61. The number of thioether (sulfide) groups is 1. The average Bonchev–Trinajstić information content (AvgIpc) is 3.02. The predicted molar refractivity (Wildman–Crippen MR) is 94.8 cm³/mol. The number of carbonyl (C=O) groups excluding carboxylic acids is 1. The summed E-state index contributed by atoms with van der Waals surface area (Å²) in [6, 6.07) is 12.5. The molecule has 25 heavy (non-hydrogen) atoms. The minimum Gasteiger partial charge on any atom is -0.312 e. The molecule has 3 aromatic rings. The van der Waals surface area contributed by atoms with Crippen molar-refractivity contribution in [2.45, 2.75) is 10.7 Å². The smallest absolute Gasteiger partial charge is 0.272 e. The maximum absolute atomic E-state index is 14.5. The minimum atomic E-state index is -1.78. The highest BCUT2D eigenvalue weighted by Gasteiger charge is 2.26. The molecule has 0 fully saturated rings. The molecule has 0 bridgehead atoms. The summed E-state index contributed by atoms with van der Waals surface area (Å²) < 4.78 is 16.1. The fourth-order valence-corrected chi connectivity index (χ4v) is 3.01. The molecule has 2 aromatic heterocycles. The van der Waals surface area contributed by atoms with Crippen LogP contribution in [0.25, 0.3) is 11.4 Å². The van der Waals surface area contributed by atoms with E-state index in [1.165, 1.54) is 4.90 Å². The molecule has 0 aliphatic carbocycles. The molecule has 0 saturated heterocycles. The number of hydrogen-bond acceptors (Lipinski definition) is 5. The van der Waals surface area contributed by atoms with Gasteiger partial charge in [0.15, 0.2) is 11.0 Å². The number of para-hydroxylation sites is 1. The average molecular weight is 357 g/mol. The number of nitrogens with zero attached hydrogens (tertiary/aromatic N) is 5. The third-order valence-electron chi connectivity index (χ3n) is 3.63. The van der Waals surface area contributed by atoms with Crippen LogP contribution in [-0.4, -0.2) is 38.2 Å². The van der Waals surface area contributed by atoms with E-state index in [0.717, 1.165) is 17.3 Å². The SMILES string of the molecule is CN(C(=O)C(F)Sc1nnc(-c2cccnc2)n1C)c1ccccc1. The predicted octanol–water partition coefficient (Wildman–Crippen LogP) is 2.93. The fourth-order valence-electron chi connectivity index (χ4n) is 2.24. The van der Waals surface area contributed by atoms with Crippen molar-refractivity contribution in [1.29, 1.82) is 0 Å². The molecule has 0 spiro atoms. The molecular formula is C17H16FN5OS. The zero-order valence-electron chi connectivity index (χ0n) is 13.7. The van der Waals surface area contributed by atoms with Crippen LogP contribution in [0.3, 0.4) is 0 Å². The van der Waals surface area contributed by atoms with Gasteiger partial charge in [-0.2, -0.15) is 0 Å². The standard InChI is InChI=1S/C17H16FN5OS/c1-22(13-8-4-3-5-9-13)16(24)14(18)25-17-21-20-15(23(17)2)12-7-6-10-19-11-12/h3-11,14H,1-2H3. The van der Waals surface area contributed by atoms with Crippen molar-refractivity contribution >= 4 is 23.4 Å². The number of amides is 1. The number of carbonyl (C=O) groups is 1. The number of pyridine rings is 1. The normalized spacial score (nSPS) is 12.0. The van der Waals surface area contributed by atoms with E-state index in [1.54, 1.807) is 61.4 Å². The lowest BCUT2D eigenvalue weighted by atomic mass is 10.3. The molecule has 1 aromatic carbocycles. The zero-order chi connectivity index (χ0) is 17.8. The van der Waals surface area contributed by atoms with E-state index in [4.69, 9.17) is 0 Å². The number of alkyl halides is 1. The van der Waals surface area contributed by atoms with Crippen molar-refractivity contribution in [3.05, 3.63) is 54.9 Å². The first kappa shape index (κ1) is 17.1.